The average Bonchev–Trinajstić information content (AvgIpc) is 3.05. The van der Waals surface area contributed by atoms with Crippen molar-refractivity contribution in [2.75, 3.05) is 13.1 Å². The summed E-state index contributed by atoms with van der Waals surface area (Å²) in [6.45, 7) is 4.26. The van der Waals surface area contributed by atoms with Crippen LogP contribution in [0.3, 0.4) is 0 Å². The van der Waals surface area contributed by atoms with Gasteiger partial charge in [-0.2, -0.15) is 4.31 Å². The molecule has 2 aromatic rings. The van der Waals surface area contributed by atoms with Crippen LogP contribution in [0.4, 0.5) is 0 Å². The van der Waals surface area contributed by atoms with Gasteiger partial charge < -0.3 is 0 Å². The Hall–Kier alpha value is -1.74. The summed E-state index contributed by atoms with van der Waals surface area (Å²) < 4.78 is 54.6. The maximum Gasteiger partial charge on any atom is 0.243 e. The molecule has 6 nitrogen and oxygen atoms in total. The molecule has 0 amide bonds. The molecule has 0 saturated carbocycles. The zero-order chi connectivity index (χ0) is 19.7. The Morgan fingerprint density at radius 3 is 2.15 bits per heavy atom. The van der Waals surface area contributed by atoms with E-state index in [1.165, 1.54) is 28.6 Å². The Kier molecular flexibility index (Phi) is 5.71. The first-order valence-electron chi connectivity index (χ1n) is 9.00. The van der Waals surface area contributed by atoms with Crippen molar-refractivity contribution < 1.29 is 16.8 Å². The molecule has 0 saturated heterocycles. The number of sulfonamides is 2. The second kappa shape index (κ2) is 7.71. The van der Waals surface area contributed by atoms with Crippen LogP contribution in [0.5, 0.6) is 0 Å². The molecule has 0 bridgehead atoms. The Morgan fingerprint density at radius 1 is 0.926 bits per heavy atom. The normalized spacial score (nSPS) is 17.2. The minimum atomic E-state index is -3.74. The SMILES string of the molecule is CCN(CC)S(=O)(=O)c1ccc(S(=O)(=O)N[C@H]2CCc3ccccc32)cc1. The van der Waals surface area contributed by atoms with E-state index in [4.69, 9.17) is 0 Å². The molecule has 0 spiro atoms. The van der Waals surface area contributed by atoms with Crippen molar-refractivity contribution in [3.63, 3.8) is 0 Å². The third kappa shape index (κ3) is 3.94. The van der Waals surface area contributed by atoms with Gasteiger partial charge in [-0.1, -0.05) is 38.1 Å². The molecule has 27 heavy (non-hydrogen) atoms. The summed E-state index contributed by atoms with van der Waals surface area (Å²) in [5.41, 5.74) is 2.16. The number of nitrogens with zero attached hydrogens (tertiary/aromatic N) is 1. The zero-order valence-corrected chi connectivity index (χ0v) is 17.1. The fraction of sp³-hybridized carbons (Fsp3) is 0.368. The highest BCUT2D eigenvalue weighted by atomic mass is 32.2. The molecule has 146 valence electrons. The molecular weight excluding hydrogens is 384 g/mol. The summed E-state index contributed by atoms with van der Waals surface area (Å²) in [6, 6.07) is 12.9. The van der Waals surface area contributed by atoms with Crippen molar-refractivity contribution >= 4 is 20.0 Å². The molecule has 0 unspecified atom stereocenters. The zero-order valence-electron chi connectivity index (χ0n) is 15.4. The van der Waals surface area contributed by atoms with Crippen LogP contribution in [-0.2, 0) is 26.5 Å². The third-order valence-electron chi connectivity index (χ3n) is 4.91. The highest BCUT2D eigenvalue weighted by Crippen LogP contribution is 2.32. The van der Waals surface area contributed by atoms with E-state index in [-0.39, 0.29) is 15.8 Å². The lowest BCUT2D eigenvalue weighted by Gasteiger charge is -2.19. The smallest absolute Gasteiger partial charge is 0.207 e. The number of hydrogen-bond acceptors (Lipinski definition) is 4. The van der Waals surface area contributed by atoms with Gasteiger partial charge in [-0.15, -0.1) is 0 Å². The van der Waals surface area contributed by atoms with E-state index < -0.39 is 20.0 Å². The van der Waals surface area contributed by atoms with Crippen LogP contribution in [0.25, 0.3) is 0 Å². The lowest BCUT2D eigenvalue weighted by atomic mass is 10.1. The van der Waals surface area contributed by atoms with Crippen molar-refractivity contribution in [2.45, 2.75) is 42.5 Å². The van der Waals surface area contributed by atoms with Crippen LogP contribution in [0.15, 0.2) is 58.3 Å². The monoisotopic (exact) mass is 408 g/mol. The lowest BCUT2D eigenvalue weighted by Crippen LogP contribution is -2.30. The second-order valence-electron chi connectivity index (χ2n) is 6.47. The number of benzene rings is 2. The fourth-order valence-electron chi connectivity index (χ4n) is 3.44. The summed E-state index contributed by atoms with van der Waals surface area (Å²) in [7, 11) is -7.35. The molecule has 1 aliphatic rings. The van der Waals surface area contributed by atoms with Crippen LogP contribution in [0.2, 0.25) is 0 Å². The molecule has 0 fully saturated rings. The lowest BCUT2D eigenvalue weighted by molar-refractivity contribution is 0.445. The maximum atomic E-state index is 12.7. The molecule has 0 aliphatic heterocycles. The van der Waals surface area contributed by atoms with E-state index in [1.807, 2.05) is 24.3 Å². The summed E-state index contributed by atoms with van der Waals surface area (Å²) >= 11 is 0. The quantitative estimate of drug-likeness (QED) is 0.763. The van der Waals surface area contributed by atoms with Crippen molar-refractivity contribution in [3.8, 4) is 0 Å². The van der Waals surface area contributed by atoms with Gasteiger partial charge in [0.1, 0.15) is 0 Å². The molecule has 2 aromatic carbocycles. The van der Waals surface area contributed by atoms with Crippen molar-refractivity contribution in [1.82, 2.24) is 9.03 Å². The van der Waals surface area contributed by atoms with E-state index >= 15 is 0 Å². The maximum absolute atomic E-state index is 12.7. The Morgan fingerprint density at radius 2 is 1.52 bits per heavy atom. The number of hydrogen-bond donors (Lipinski definition) is 1. The Balaban J connectivity index is 1.83. The Labute approximate surface area is 161 Å². The van der Waals surface area contributed by atoms with E-state index in [9.17, 15) is 16.8 Å². The highest BCUT2D eigenvalue weighted by molar-refractivity contribution is 7.89. The number of nitrogens with one attached hydrogen (secondary N) is 1. The number of aryl methyl sites for hydroxylation is 1. The standard InChI is InChI=1S/C19H24N2O4S2/c1-3-21(4-2)27(24,25)17-12-10-16(11-13-17)26(22,23)20-19-14-9-15-7-5-6-8-18(15)19/h5-8,10-13,19-20H,3-4,9,14H2,1-2H3/t19-/m0/s1. The topological polar surface area (TPSA) is 83.6 Å². The van der Waals surface area contributed by atoms with Gasteiger partial charge in [-0.05, 0) is 48.2 Å². The first-order chi connectivity index (χ1) is 12.8. The average molecular weight is 409 g/mol. The molecule has 8 heteroatoms. The van der Waals surface area contributed by atoms with Gasteiger partial charge in [0.15, 0.2) is 0 Å². The van der Waals surface area contributed by atoms with Crippen molar-refractivity contribution in [1.29, 1.82) is 0 Å². The molecule has 0 heterocycles. The van der Waals surface area contributed by atoms with Gasteiger partial charge in [-0.3, -0.25) is 0 Å². The first-order valence-corrected chi connectivity index (χ1v) is 11.9. The van der Waals surface area contributed by atoms with Crippen LogP contribution in [0.1, 0.15) is 37.4 Å². The van der Waals surface area contributed by atoms with Gasteiger partial charge in [0, 0.05) is 19.1 Å². The van der Waals surface area contributed by atoms with Gasteiger partial charge in [0.05, 0.1) is 9.79 Å². The highest BCUT2D eigenvalue weighted by Gasteiger charge is 2.28. The molecule has 3 rings (SSSR count). The minimum Gasteiger partial charge on any atom is -0.207 e. The first kappa shape index (κ1) is 20.0. The van der Waals surface area contributed by atoms with Crippen LogP contribution in [0, 0.1) is 0 Å². The molecule has 0 radical (unpaired) electrons. The summed E-state index contributed by atoms with van der Waals surface area (Å²) in [5.74, 6) is 0. The molecule has 0 aromatic heterocycles. The molecular formula is C19H24N2O4S2. The van der Waals surface area contributed by atoms with Gasteiger partial charge in [0.2, 0.25) is 20.0 Å². The summed E-state index contributed by atoms with van der Waals surface area (Å²) in [6.07, 6.45) is 1.55. The van der Waals surface area contributed by atoms with Crippen LogP contribution >= 0.6 is 0 Å². The van der Waals surface area contributed by atoms with E-state index in [0.29, 0.717) is 19.5 Å². The predicted octanol–water partition coefficient (Wildman–Crippen LogP) is 2.68. The van der Waals surface area contributed by atoms with Crippen LogP contribution in [-0.4, -0.2) is 34.2 Å². The minimum absolute atomic E-state index is 0.0605. The van der Waals surface area contributed by atoms with Crippen molar-refractivity contribution in [2.24, 2.45) is 0 Å². The van der Waals surface area contributed by atoms with E-state index in [1.54, 1.807) is 13.8 Å². The molecule has 1 N–H and O–H groups in total. The van der Waals surface area contributed by atoms with Crippen molar-refractivity contribution in [3.05, 3.63) is 59.7 Å². The summed E-state index contributed by atoms with van der Waals surface area (Å²) in [4.78, 5) is 0.154. The van der Waals surface area contributed by atoms with Crippen LogP contribution < -0.4 is 4.72 Å². The second-order valence-corrected chi connectivity index (χ2v) is 10.1. The third-order valence-corrected chi connectivity index (χ3v) is 8.46. The predicted molar refractivity (Wildman–Crippen MR) is 104 cm³/mol. The molecule has 1 atom stereocenters. The van der Waals surface area contributed by atoms with E-state index in [0.717, 1.165) is 17.5 Å². The summed E-state index contributed by atoms with van der Waals surface area (Å²) in [5, 5.41) is 0. The number of fused-ring (bicyclic) bond motifs is 1. The largest absolute Gasteiger partial charge is 0.243 e. The van der Waals surface area contributed by atoms with Gasteiger partial charge in [0.25, 0.3) is 0 Å². The Bertz CT molecular complexity index is 1010. The fourth-order valence-corrected chi connectivity index (χ4v) is 6.15. The molecule has 1 aliphatic carbocycles. The van der Waals surface area contributed by atoms with Gasteiger partial charge in [-0.25, -0.2) is 21.6 Å². The van der Waals surface area contributed by atoms with E-state index in [2.05, 4.69) is 4.72 Å². The van der Waals surface area contributed by atoms with Gasteiger partial charge >= 0.3 is 0 Å². The number of rotatable bonds is 7.